The molecular formula is C17H18N4O. The van der Waals surface area contributed by atoms with Gasteiger partial charge in [0.25, 0.3) is 0 Å². The third-order valence-corrected chi connectivity index (χ3v) is 3.28. The molecule has 0 aliphatic carbocycles. The molecule has 3 rings (SSSR count). The first-order valence-corrected chi connectivity index (χ1v) is 7.22. The van der Waals surface area contributed by atoms with Crippen LogP contribution in [0.25, 0.3) is 0 Å². The molecule has 0 amide bonds. The van der Waals surface area contributed by atoms with E-state index in [4.69, 9.17) is 4.74 Å². The Morgan fingerprint density at radius 3 is 2.95 bits per heavy atom. The minimum atomic E-state index is 0.485. The smallest absolute Gasteiger partial charge is 0.184 e. The van der Waals surface area contributed by atoms with Crippen molar-refractivity contribution in [2.45, 2.75) is 6.92 Å². The Labute approximate surface area is 129 Å². The van der Waals surface area contributed by atoms with Crippen LogP contribution in [0, 0.1) is 0 Å². The van der Waals surface area contributed by atoms with Crippen molar-refractivity contribution in [3.8, 4) is 0 Å². The van der Waals surface area contributed by atoms with Crippen molar-refractivity contribution in [1.82, 2.24) is 4.98 Å². The molecule has 1 aliphatic rings. The second-order valence-corrected chi connectivity index (χ2v) is 4.85. The molecule has 0 radical (unpaired) electrons. The van der Waals surface area contributed by atoms with Gasteiger partial charge in [0.15, 0.2) is 5.88 Å². The van der Waals surface area contributed by atoms with E-state index in [1.54, 1.807) is 6.20 Å². The van der Waals surface area contributed by atoms with Crippen LogP contribution in [0.15, 0.2) is 60.0 Å². The highest BCUT2D eigenvalue weighted by Crippen LogP contribution is 2.30. The number of pyridine rings is 1. The van der Waals surface area contributed by atoms with E-state index in [1.807, 2.05) is 31.2 Å². The van der Waals surface area contributed by atoms with Gasteiger partial charge in [0.2, 0.25) is 0 Å². The van der Waals surface area contributed by atoms with E-state index < -0.39 is 0 Å². The topological polar surface area (TPSA) is 58.5 Å². The summed E-state index contributed by atoms with van der Waals surface area (Å²) in [4.78, 5) is 9.03. The summed E-state index contributed by atoms with van der Waals surface area (Å²) in [6, 6.07) is 12.0. The molecule has 112 valence electrons. The number of aliphatic imine (C=N–C) groups is 1. The van der Waals surface area contributed by atoms with Crippen LogP contribution in [0.1, 0.15) is 12.5 Å². The lowest BCUT2D eigenvalue weighted by molar-refractivity contribution is 0.236. The van der Waals surface area contributed by atoms with E-state index in [9.17, 15) is 0 Å². The summed E-state index contributed by atoms with van der Waals surface area (Å²) < 4.78 is 5.27. The molecule has 0 saturated heterocycles. The molecule has 2 aromatic rings. The minimum absolute atomic E-state index is 0.485. The molecular weight excluding hydrogens is 276 g/mol. The number of hydrogen-bond acceptors (Lipinski definition) is 5. The van der Waals surface area contributed by atoms with Crippen LogP contribution in [0.3, 0.4) is 0 Å². The van der Waals surface area contributed by atoms with Crippen molar-refractivity contribution in [3.05, 3.63) is 60.6 Å². The number of fused-ring (bicyclic) bond motifs is 1. The lowest BCUT2D eigenvalue weighted by Crippen LogP contribution is -2.19. The molecule has 0 atom stereocenters. The predicted octanol–water partition coefficient (Wildman–Crippen LogP) is 3.55. The maximum absolute atomic E-state index is 5.27. The highest BCUT2D eigenvalue weighted by atomic mass is 16.5. The first-order valence-electron chi connectivity index (χ1n) is 7.22. The first-order chi connectivity index (χ1) is 10.8. The van der Waals surface area contributed by atoms with Crippen LogP contribution in [0.2, 0.25) is 0 Å². The average Bonchev–Trinajstić information content (AvgIpc) is 2.55. The van der Waals surface area contributed by atoms with Gasteiger partial charge in [-0.1, -0.05) is 30.3 Å². The Bertz CT molecular complexity index is 710. The minimum Gasteiger partial charge on any atom is -0.480 e. The van der Waals surface area contributed by atoms with Crippen molar-refractivity contribution in [1.29, 1.82) is 0 Å². The van der Waals surface area contributed by atoms with Crippen LogP contribution in [0.5, 0.6) is 0 Å². The standard InChI is InChI=1S/C17H18N4O/c1-3-22-12(2)20-17-9-14-16(11-19-17)21-15(10-18-14)13-7-5-4-6-8-13/h4-9,11,18H,2-3,10H2,1H3,(H,19,20). The van der Waals surface area contributed by atoms with Gasteiger partial charge in [0.1, 0.15) is 11.5 Å². The fraction of sp³-hybridized carbons (Fsp3) is 0.176. The number of benzene rings is 1. The van der Waals surface area contributed by atoms with Gasteiger partial charge >= 0.3 is 0 Å². The third-order valence-electron chi connectivity index (χ3n) is 3.28. The maximum atomic E-state index is 5.27. The van der Waals surface area contributed by atoms with Crippen molar-refractivity contribution in [3.63, 3.8) is 0 Å². The van der Waals surface area contributed by atoms with Crippen molar-refractivity contribution in [2.24, 2.45) is 4.99 Å². The third kappa shape index (κ3) is 3.09. The highest BCUT2D eigenvalue weighted by Gasteiger charge is 2.14. The second-order valence-electron chi connectivity index (χ2n) is 4.85. The predicted molar refractivity (Wildman–Crippen MR) is 89.8 cm³/mol. The summed E-state index contributed by atoms with van der Waals surface area (Å²) in [5.74, 6) is 1.17. The van der Waals surface area contributed by atoms with E-state index in [1.165, 1.54) is 0 Å². The molecule has 1 aromatic heterocycles. The first kappa shape index (κ1) is 14.1. The molecule has 2 N–H and O–H groups in total. The lowest BCUT2D eigenvalue weighted by Gasteiger charge is -2.18. The molecule has 5 nitrogen and oxygen atoms in total. The van der Waals surface area contributed by atoms with Gasteiger partial charge in [-0.2, -0.15) is 0 Å². The molecule has 0 unspecified atom stereocenters. The van der Waals surface area contributed by atoms with Crippen LogP contribution in [-0.4, -0.2) is 23.8 Å². The van der Waals surface area contributed by atoms with E-state index in [-0.39, 0.29) is 0 Å². The van der Waals surface area contributed by atoms with Crippen LogP contribution < -0.4 is 10.6 Å². The zero-order valence-electron chi connectivity index (χ0n) is 12.5. The van der Waals surface area contributed by atoms with E-state index in [0.29, 0.717) is 24.9 Å². The quantitative estimate of drug-likeness (QED) is 0.828. The van der Waals surface area contributed by atoms with Gasteiger partial charge in [-0.05, 0) is 19.1 Å². The van der Waals surface area contributed by atoms with E-state index in [2.05, 4.69) is 39.3 Å². The van der Waals surface area contributed by atoms with Gasteiger partial charge < -0.3 is 15.4 Å². The molecule has 0 bridgehead atoms. The number of rotatable bonds is 5. The number of aromatic nitrogens is 1. The normalized spacial score (nSPS) is 12.7. The van der Waals surface area contributed by atoms with Crippen molar-refractivity contribution in [2.75, 3.05) is 23.8 Å². The fourth-order valence-corrected chi connectivity index (χ4v) is 2.26. The largest absolute Gasteiger partial charge is 0.480 e. The fourth-order valence-electron chi connectivity index (χ4n) is 2.26. The summed E-state index contributed by atoms with van der Waals surface area (Å²) >= 11 is 0. The Hall–Kier alpha value is -2.82. The molecule has 22 heavy (non-hydrogen) atoms. The second kappa shape index (κ2) is 6.30. The van der Waals surface area contributed by atoms with Crippen molar-refractivity contribution >= 4 is 22.9 Å². The maximum Gasteiger partial charge on any atom is 0.184 e. The van der Waals surface area contributed by atoms with Crippen LogP contribution >= 0.6 is 0 Å². The lowest BCUT2D eigenvalue weighted by atomic mass is 10.1. The summed E-state index contributed by atoms with van der Waals surface area (Å²) in [6.45, 7) is 6.95. The van der Waals surface area contributed by atoms with E-state index >= 15 is 0 Å². The monoisotopic (exact) mass is 294 g/mol. The highest BCUT2D eigenvalue weighted by molar-refractivity contribution is 6.07. The van der Waals surface area contributed by atoms with Gasteiger partial charge in [-0.3, -0.25) is 0 Å². The van der Waals surface area contributed by atoms with Crippen LogP contribution in [-0.2, 0) is 4.74 Å². The summed E-state index contributed by atoms with van der Waals surface area (Å²) in [5, 5.41) is 6.40. The number of anilines is 2. The number of nitrogens with zero attached hydrogens (tertiary/aromatic N) is 2. The molecule has 0 fully saturated rings. The number of ether oxygens (including phenoxy) is 1. The van der Waals surface area contributed by atoms with Crippen molar-refractivity contribution < 1.29 is 4.74 Å². The molecule has 1 aliphatic heterocycles. The number of nitrogens with one attached hydrogen (secondary N) is 2. The summed E-state index contributed by atoms with van der Waals surface area (Å²) in [6.07, 6.45) is 1.74. The zero-order chi connectivity index (χ0) is 15.4. The Balaban J connectivity index is 1.82. The van der Waals surface area contributed by atoms with Crippen LogP contribution in [0.4, 0.5) is 17.2 Å². The molecule has 5 heteroatoms. The van der Waals surface area contributed by atoms with Gasteiger partial charge in [-0.25, -0.2) is 9.98 Å². The molecule has 2 heterocycles. The summed E-state index contributed by atoms with van der Waals surface area (Å²) in [7, 11) is 0. The SMILES string of the molecule is C=C(Nc1cc2c(cn1)N=C(c1ccccc1)CN2)OCC. The average molecular weight is 294 g/mol. The van der Waals surface area contributed by atoms with Gasteiger partial charge in [-0.15, -0.1) is 0 Å². The Morgan fingerprint density at radius 2 is 2.18 bits per heavy atom. The number of hydrogen-bond donors (Lipinski definition) is 2. The molecule has 0 saturated carbocycles. The summed E-state index contributed by atoms with van der Waals surface area (Å²) in [5.41, 5.74) is 3.90. The Morgan fingerprint density at radius 1 is 1.36 bits per heavy atom. The van der Waals surface area contributed by atoms with Gasteiger partial charge in [0.05, 0.1) is 30.7 Å². The Kier molecular flexibility index (Phi) is 4.05. The molecule has 0 spiro atoms. The molecule has 1 aromatic carbocycles. The van der Waals surface area contributed by atoms with E-state index in [0.717, 1.165) is 22.6 Å². The van der Waals surface area contributed by atoms with Gasteiger partial charge in [0, 0.05) is 6.07 Å². The zero-order valence-corrected chi connectivity index (χ0v) is 12.5.